The Labute approximate surface area is 170 Å². The topological polar surface area (TPSA) is 6.25 Å². The first-order chi connectivity index (χ1) is 12.6. The van der Waals surface area contributed by atoms with E-state index >= 15 is 0 Å². The molecule has 0 spiro atoms. The van der Waals surface area contributed by atoms with Crippen LogP contribution in [0.5, 0.6) is 0 Å². The third-order valence-corrected chi connectivity index (χ3v) is 6.28. The van der Waals surface area contributed by atoms with Gasteiger partial charge in [0.05, 0.1) is 27.7 Å². The van der Waals surface area contributed by atoms with E-state index in [4.69, 9.17) is 0 Å². The molecule has 0 aromatic carbocycles. The third-order valence-electron chi connectivity index (χ3n) is 5.24. The van der Waals surface area contributed by atoms with E-state index in [1.54, 1.807) is 0 Å². The quantitative estimate of drug-likeness (QED) is 0.113. The van der Waals surface area contributed by atoms with Crippen LogP contribution in [0.1, 0.15) is 110 Å². The molecule has 0 fully saturated rings. The SMILES string of the molecule is CCCCCCCCCCCCCCCCCC/[N+](C)=C(/SC)N(C)C. The Morgan fingerprint density at radius 2 is 1.00 bits per heavy atom. The molecule has 0 bridgehead atoms. The maximum Gasteiger partial charge on any atom is 0.307 e. The van der Waals surface area contributed by atoms with Crippen molar-refractivity contribution < 1.29 is 4.58 Å². The molecule has 26 heavy (non-hydrogen) atoms. The number of amidine groups is 1. The summed E-state index contributed by atoms with van der Waals surface area (Å²) in [7, 11) is 6.49. The largest absolute Gasteiger partial charge is 0.307 e. The predicted octanol–water partition coefficient (Wildman–Crippen LogP) is 7.17. The van der Waals surface area contributed by atoms with E-state index in [9.17, 15) is 0 Å². The maximum absolute atomic E-state index is 2.40. The Morgan fingerprint density at radius 1 is 0.654 bits per heavy atom. The molecule has 0 radical (unpaired) electrons. The van der Waals surface area contributed by atoms with Crippen molar-refractivity contribution in [3.8, 4) is 0 Å². The highest BCUT2D eigenvalue weighted by Gasteiger charge is 2.10. The Hall–Kier alpha value is -0.180. The molecule has 0 aliphatic carbocycles. The monoisotopic (exact) mass is 385 g/mol. The first kappa shape index (κ1) is 25.8. The number of rotatable bonds is 17. The van der Waals surface area contributed by atoms with Crippen LogP contribution in [0, 0.1) is 0 Å². The van der Waals surface area contributed by atoms with E-state index < -0.39 is 0 Å². The van der Waals surface area contributed by atoms with Gasteiger partial charge in [-0.05, 0) is 30.9 Å². The molecule has 0 heterocycles. The van der Waals surface area contributed by atoms with Gasteiger partial charge in [0.1, 0.15) is 0 Å². The van der Waals surface area contributed by atoms with Crippen LogP contribution >= 0.6 is 11.8 Å². The molecular weight excluding hydrogens is 336 g/mol. The zero-order chi connectivity index (χ0) is 19.5. The first-order valence-electron chi connectivity index (χ1n) is 11.4. The second-order valence-electron chi connectivity index (χ2n) is 8.11. The summed E-state index contributed by atoms with van der Waals surface area (Å²) in [6.07, 6.45) is 25.2. The zero-order valence-electron chi connectivity index (χ0n) is 18.8. The summed E-state index contributed by atoms with van der Waals surface area (Å²) >= 11 is 1.84. The number of hydrogen-bond acceptors (Lipinski definition) is 1. The lowest BCUT2D eigenvalue weighted by molar-refractivity contribution is -0.499. The van der Waals surface area contributed by atoms with Gasteiger partial charge in [0.2, 0.25) is 0 Å². The first-order valence-corrected chi connectivity index (χ1v) is 12.6. The molecule has 156 valence electrons. The van der Waals surface area contributed by atoms with Crippen molar-refractivity contribution in [2.45, 2.75) is 110 Å². The van der Waals surface area contributed by atoms with Gasteiger partial charge in [-0.1, -0.05) is 96.8 Å². The van der Waals surface area contributed by atoms with Gasteiger partial charge in [0.25, 0.3) is 0 Å². The van der Waals surface area contributed by atoms with Crippen LogP contribution in [0.3, 0.4) is 0 Å². The van der Waals surface area contributed by atoms with Gasteiger partial charge < -0.3 is 0 Å². The molecule has 0 unspecified atom stereocenters. The van der Waals surface area contributed by atoms with Gasteiger partial charge in [-0.15, -0.1) is 0 Å². The minimum Gasteiger partial charge on any atom is -0.262 e. The molecule has 0 rings (SSSR count). The van der Waals surface area contributed by atoms with Gasteiger partial charge in [-0.2, -0.15) is 0 Å². The lowest BCUT2D eigenvalue weighted by Crippen LogP contribution is -2.28. The lowest BCUT2D eigenvalue weighted by Gasteiger charge is -2.11. The summed E-state index contributed by atoms with van der Waals surface area (Å²) in [6, 6.07) is 0. The smallest absolute Gasteiger partial charge is 0.262 e. The Balaban J connectivity index is 3.29. The molecule has 0 saturated heterocycles. The minimum absolute atomic E-state index is 1.19. The van der Waals surface area contributed by atoms with E-state index in [2.05, 4.69) is 43.8 Å². The second kappa shape index (κ2) is 19.6. The molecular formula is C23H49N2S+. The van der Waals surface area contributed by atoms with E-state index in [1.165, 1.54) is 114 Å². The summed E-state index contributed by atoms with van der Waals surface area (Å²) in [4.78, 5) is 2.22. The van der Waals surface area contributed by atoms with E-state index in [1.807, 2.05) is 11.8 Å². The average Bonchev–Trinajstić information content (AvgIpc) is 2.61. The molecule has 0 saturated carbocycles. The Morgan fingerprint density at radius 3 is 1.31 bits per heavy atom. The summed E-state index contributed by atoms with van der Waals surface area (Å²) < 4.78 is 2.40. The van der Waals surface area contributed by atoms with Gasteiger partial charge >= 0.3 is 5.17 Å². The van der Waals surface area contributed by atoms with Crippen molar-refractivity contribution in [1.29, 1.82) is 0 Å². The molecule has 0 aromatic rings. The number of thioether (sulfide) groups is 1. The average molecular weight is 386 g/mol. The van der Waals surface area contributed by atoms with Crippen molar-refractivity contribution in [3.05, 3.63) is 0 Å². The highest BCUT2D eigenvalue weighted by Crippen LogP contribution is 2.13. The summed E-state index contributed by atoms with van der Waals surface area (Å²) in [6.45, 7) is 3.48. The minimum atomic E-state index is 1.19. The van der Waals surface area contributed by atoms with Crippen molar-refractivity contribution in [1.82, 2.24) is 4.90 Å². The van der Waals surface area contributed by atoms with Crippen LogP contribution in [0.2, 0.25) is 0 Å². The summed E-state index contributed by atoms with van der Waals surface area (Å²) in [5.41, 5.74) is 0. The van der Waals surface area contributed by atoms with Crippen molar-refractivity contribution in [2.75, 3.05) is 33.9 Å². The summed E-state index contributed by atoms with van der Waals surface area (Å²) in [5, 5.41) is 1.37. The van der Waals surface area contributed by atoms with Crippen molar-refractivity contribution in [3.63, 3.8) is 0 Å². The fraction of sp³-hybridized carbons (Fsp3) is 0.957. The standard InChI is InChI=1S/C23H49N2S/c1-6-7-8-9-10-11-12-13-14-15-16-17-18-19-20-21-22-25(4)23(26-5)24(2)3/h6-22H2,1-5H3/q+1. The van der Waals surface area contributed by atoms with Gasteiger partial charge in [0.15, 0.2) is 0 Å². The van der Waals surface area contributed by atoms with E-state index in [-0.39, 0.29) is 0 Å². The molecule has 2 nitrogen and oxygen atoms in total. The van der Waals surface area contributed by atoms with Crippen LogP contribution in [0.15, 0.2) is 0 Å². The summed E-state index contributed by atoms with van der Waals surface area (Å²) in [5.74, 6) is 0. The van der Waals surface area contributed by atoms with E-state index in [0.717, 1.165) is 0 Å². The molecule has 0 aliphatic heterocycles. The molecule has 0 atom stereocenters. The number of unbranched alkanes of at least 4 members (excludes halogenated alkanes) is 15. The van der Waals surface area contributed by atoms with Gasteiger partial charge in [0, 0.05) is 0 Å². The Kier molecular flexibility index (Phi) is 19.4. The zero-order valence-corrected chi connectivity index (χ0v) is 19.6. The van der Waals surface area contributed by atoms with Crippen LogP contribution in [0.4, 0.5) is 0 Å². The van der Waals surface area contributed by atoms with Gasteiger partial charge in [-0.25, -0.2) is 0 Å². The fourth-order valence-corrected chi connectivity index (χ4v) is 4.44. The van der Waals surface area contributed by atoms with Gasteiger partial charge in [-0.3, -0.25) is 9.48 Å². The van der Waals surface area contributed by atoms with Crippen molar-refractivity contribution >= 4 is 16.9 Å². The molecule has 3 heteroatoms. The number of nitrogens with zero attached hydrogens (tertiary/aromatic N) is 2. The van der Waals surface area contributed by atoms with E-state index in [0.29, 0.717) is 0 Å². The van der Waals surface area contributed by atoms with Crippen LogP contribution in [-0.2, 0) is 0 Å². The molecule has 0 amide bonds. The molecule has 0 aliphatic rings. The van der Waals surface area contributed by atoms with Crippen LogP contribution in [-0.4, -0.2) is 48.6 Å². The maximum atomic E-state index is 2.40. The lowest BCUT2D eigenvalue weighted by atomic mass is 10.0. The number of hydrogen-bond donors (Lipinski definition) is 0. The second-order valence-corrected chi connectivity index (χ2v) is 8.88. The Bertz CT molecular complexity index is 326. The highest BCUT2D eigenvalue weighted by molar-refractivity contribution is 8.12. The van der Waals surface area contributed by atoms with Crippen LogP contribution < -0.4 is 0 Å². The molecule has 0 aromatic heterocycles. The van der Waals surface area contributed by atoms with Crippen molar-refractivity contribution in [2.24, 2.45) is 0 Å². The molecule has 0 N–H and O–H groups in total. The predicted molar refractivity (Wildman–Crippen MR) is 123 cm³/mol. The fourth-order valence-electron chi connectivity index (χ4n) is 3.67. The highest BCUT2D eigenvalue weighted by atomic mass is 32.2. The van der Waals surface area contributed by atoms with Crippen LogP contribution in [0.25, 0.3) is 0 Å². The normalized spacial score (nSPS) is 12.3. The third kappa shape index (κ3) is 16.0.